The largest absolute Gasteiger partial charge is 0.497 e. The van der Waals surface area contributed by atoms with Crippen molar-refractivity contribution in [2.45, 2.75) is 17.6 Å². The molecule has 12 heteroatoms. The average Bonchev–Trinajstić information content (AvgIpc) is 3.44. The van der Waals surface area contributed by atoms with E-state index in [1.54, 1.807) is 13.2 Å². The zero-order valence-corrected chi connectivity index (χ0v) is 18.6. The molecule has 11 nitrogen and oxygen atoms in total. The standard InChI is InChI=1S/C21H20N8O3S/c1-13-6-8-16(9-7-13)33-12-17-18(24-28-29(17)20-19(22)26-32-27-20)21(30)25-23-11-14-4-3-5-15(10-14)31-2/h3-11H,12H2,1-2H3,(H2,22,26)(H,25,30). The molecular formula is C21H20N8O3S. The Bertz CT molecular complexity index is 1280. The number of aryl methyl sites for hydroxylation is 1. The van der Waals surface area contributed by atoms with Gasteiger partial charge in [-0.25, -0.2) is 10.1 Å². The zero-order chi connectivity index (χ0) is 23.2. The molecule has 33 heavy (non-hydrogen) atoms. The number of nitrogens with one attached hydrogen (secondary N) is 1. The van der Waals surface area contributed by atoms with Crippen LogP contribution in [0.2, 0.25) is 0 Å². The van der Waals surface area contributed by atoms with Crippen molar-refractivity contribution in [3.63, 3.8) is 0 Å². The van der Waals surface area contributed by atoms with Gasteiger partial charge in [0.15, 0.2) is 5.69 Å². The van der Waals surface area contributed by atoms with Crippen molar-refractivity contribution in [3.8, 4) is 11.6 Å². The second kappa shape index (κ2) is 9.96. The summed E-state index contributed by atoms with van der Waals surface area (Å²) in [6.45, 7) is 2.02. The van der Waals surface area contributed by atoms with Gasteiger partial charge in [0.1, 0.15) is 5.75 Å². The molecule has 0 aliphatic rings. The second-order valence-electron chi connectivity index (χ2n) is 6.85. The van der Waals surface area contributed by atoms with E-state index in [2.05, 4.69) is 35.8 Å². The van der Waals surface area contributed by atoms with Crippen molar-refractivity contribution < 1.29 is 14.2 Å². The lowest BCUT2D eigenvalue weighted by atomic mass is 10.2. The molecule has 168 valence electrons. The molecule has 3 N–H and O–H groups in total. The monoisotopic (exact) mass is 464 g/mol. The Kier molecular flexibility index (Phi) is 6.64. The number of carbonyl (C=O) groups is 1. The fraction of sp³-hybridized carbons (Fsp3) is 0.143. The molecule has 0 saturated heterocycles. The summed E-state index contributed by atoms with van der Waals surface area (Å²) in [5, 5.41) is 19.4. The first-order valence-electron chi connectivity index (χ1n) is 9.75. The number of hydrogen-bond acceptors (Lipinski definition) is 10. The minimum Gasteiger partial charge on any atom is -0.497 e. The minimum absolute atomic E-state index is 0.0319. The van der Waals surface area contributed by atoms with Crippen LogP contribution in [0.25, 0.3) is 5.82 Å². The minimum atomic E-state index is -0.532. The number of hydrazone groups is 1. The van der Waals surface area contributed by atoms with Gasteiger partial charge >= 0.3 is 0 Å². The molecule has 0 fully saturated rings. The predicted molar refractivity (Wildman–Crippen MR) is 122 cm³/mol. The van der Waals surface area contributed by atoms with Gasteiger partial charge in [-0.1, -0.05) is 35.0 Å². The van der Waals surface area contributed by atoms with E-state index < -0.39 is 5.91 Å². The molecule has 0 saturated carbocycles. The Morgan fingerprint density at radius 2 is 2.09 bits per heavy atom. The zero-order valence-electron chi connectivity index (χ0n) is 17.8. The van der Waals surface area contributed by atoms with Crippen LogP contribution in [-0.4, -0.2) is 44.5 Å². The molecule has 1 amide bonds. The van der Waals surface area contributed by atoms with Crippen molar-refractivity contribution in [2.24, 2.45) is 5.10 Å². The van der Waals surface area contributed by atoms with Gasteiger partial charge in [-0.05, 0) is 47.1 Å². The number of aromatic nitrogens is 5. The van der Waals surface area contributed by atoms with Crippen LogP contribution >= 0.6 is 11.8 Å². The number of amides is 1. The highest BCUT2D eigenvalue weighted by atomic mass is 32.2. The second-order valence-corrected chi connectivity index (χ2v) is 7.90. The summed E-state index contributed by atoms with van der Waals surface area (Å²) < 4.78 is 11.2. The van der Waals surface area contributed by atoms with E-state index in [-0.39, 0.29) is 17.3 Å². The molecule has 0 spiro atoms. The molecule has 2 heterocycles. The molecule has 2 aromatic carbocycles. The van der Waals surface area contributed by atoms with Crippen LogP contribution < -0.4 is 15.9 Å². The van der Waals surface area contributed by atoms with E-state index >= 15 is 0 Å². The van der Waals surface area contributed by atoms with Gasteiger partial charge < -0.3 is 10.5 Å². The van der Waals surface area contributed by atoms with Gasteiger partial charge in [-0.2, -0.15) is 9.78 Å². The van der Waals surface area contributed by atoms with E-state index in [1.165, 1.54) is 22.7 Å². The number of nitrogens with zero attached hydrogens (tertiary/aromatic N) is 6. The van der Waals surface area contributed by atoms with Crippen LogP contribution in [0.1, 0.15) is 27.3 Å². The molecule has 2 aromatic heterocycles. The van der Waals surface area contributed by atoms with Crippen molar-refractivity contribution in [1.29, 1.82) is 0 Å². The molecule has 0 bridgehead atoms. The number of rotatable bonds is 8. The van der Waals surface area contributed by atoms with Gasteiger partial charge in [0.25, 0.3) is 5.91 Å². The first kappa shape index (κ1) is 22.0. The smallest absolute Gasteiger partial charge is 0.293 e. The number of hydrogen-bond donors (Lipinski definition) is 2. The average molecular weight is 465 g/mol. The van der Waals surface area contributed by atoms with E-state index in [0.29, 0.717) is 17.2 Å². The van der Waals surface area contributed by atoms with E-state index in [4.69, 9.17) is 10.5 Å². The van der Waals surface area contributed by atoms with Crippen LogP contribution in [-0.2, 0) is 5.75 Å². The van der Waals surface area contributed by atoms with Gasteiger partial charge in [0, 0.05) is 10.6 Å². The molecule has 0 aliphatic heterocycles. The molecule has 0 unspecified atom stereocenters. The molecule has 4 rings (SSSR count). The summed E-state index contributed by atoms with van der Waals surface area (Å²) in [5.41, 5.74) is 10.8. The number of nitrogen functional groups attached to an aromatic ring is 1. The number of benzene rings is 2. The van der Waals surface area contributed by atoms with Crippen molar-refractivity contribution in [1.82, 2.24) is 30.7 Å². The number of ether oxygens (including phenoxy) is 1. The summed E-state index contributed by atoms with van der Waals surface area (Å²) in [5.74, 6) is 0.702. The Labute approximate surface area is 193 Å². The third-order valence-corrected chi connectivity index (χ3v) is 5.57. The van der Waals surface area contributed by atoms with Crippen LogP contribution in [0.5, 0.6) is 5.75 Å². The summed E-state index contributed by atoms with van der Waals surface area (Å²) in [4.78, 5) is 13.9. The first-order chi connectivity index (χ1) is 16.0. The lowest BCUT2D eigenvalue weighted by molar-refractivity contribution is 0.0949. The number of thioether (sulfide) groups is 1. The number of anilines is 1. The summed E-state index contributed by atoms with van der Waals surface area (Å²) in [6.07, 6.45) is 1.51. The van der Waals surface area contributed by atoms with Gasteiger partial charge in [-0.3, -0.25) is 4.79 Å². The van der Waals surface area contributed by atoms with Crippen molar-refractivity contribution in [2.75, 3.05) is 12.8 Å². The topological polar surface area (TPSA) is 146 Å². The normalized spacial score (nSPS) is 11.1. The van der Waals surface area contributed by atoms with Gasteiger partial charge in [0.2, 0.25) is 11.6 Å². The third-order valence-electron chi connectivity index (χ3n) is 4.54. The van der Waals surface area contributed by atoms with Crippen molar-refractivity contribution in [3.05, 3.63) is 71.0 Å². The van der Waals surface area contributed by atoms with E-state index in [9.17, 15) is 4.79 Å². The maximum Gasteiger partial charge on any atom is 0.293 e. The third kappa shape index (κ3) is 5.18. The van der Waals surface area contributed by atoms with Crippen LogP contribution in [0, 0.1) is 6.92 Å². The maximum atomic E-state index is 12.8. The van der Waals surface area contributed by atoms with Crippen LogP contribution in [0.3, 0.4) is 0 Å². The number of nitrogens with two attached hydrogens (primary N) is 1. The van der Waals surface area contributed by atoms with Crippen LogP contribution in [0.4, 0.5) is 5.82 Å². The highest BCUT2D eigenvalue weighted by molar-refractivity contribution is 7.98. The molecule has 0 radical (unpaired) electrons. The Morgan fingerprint density at radius 1 is 1.27 bits per heavy atom. The fourth-order valence-corrected chi connectivity index (χ4v) is 3.73. The summed E-state index contributed by atoms with van der Waals surface area (Å²) >= 11 is 1.51. The van der Waals surface area contributed by atoms with E-state index in [0.717, 1.165) is 16.0 Å². The predicted octanol–water partition coefficient (Wildman–Crippen LogP) is 2.61. The summed E-state index contributed by atoms with van der Waals surface area (Å²) in [7, 11) is 1.58. The molecule has 0 atom stereocenters. The number of carbonyl (C=O) groups excluding carboxylic acids is 1. The Hall–Kier alpha value is -4.19. The first-order valence-corrected chi connectivity index (χ1v) is 10.7. The van der Waals surface area contributed by atoms with Gasteiger partial charge in [-0.15, -0.1) is 16.9 Å². The quantitative estimate of drug-likeness (QED) is 0.228. The highest BCUT2D eigenvalue weighted by Crippen LogP contribution is 2.26. The summed E-state index contributed by atoms with van der Waals surface area (Å²) in [6, 6.07) is 15.3. The number of methoxy groups -OCH3 is 1. The lowest BCUT2D eigenvalue weighted by Crippen LogP contribution is -2.20. The Morgan fingerprint density at radius 3 is 2.82 bits per heavy atom. The van der Waals surface area contributed by atoms with E-state index in [1.807, 2.05) is 49.4 Å². The molecule has 4 aromatic rings. The fourth-order valence-electron chi connectivity index (χ4n) is 2.84. The lowest BCUT2D eigenvalue weighted by Gasteiger charge is -2.06. The van der Waals surface area contributed by atoms with Gasteiger partial charge in [0.05, 0.1) is 19.0 Å². The van der Waals surface area contributed by atoms with Crippen LogP contribution in [0.15, 0.2) is 63.2 Å². The molecule has 0 aliphatic carbocycles. The Balaban J connectivity index is 1.56. The maximum absolute atomic E-state index is 12.8. The van der Waals surface area contributed by atoms with Crippen molar-refractivity contribution >= 4 is 29.7 Å². The molecular weight excluding hydrogens is 444 g/mol. The SMILES string of the molecule is COc1cccc(C=NNC(=O)c2nnn(-c3nonc3N)c2CSc2ccc(C)cc2)c1. The highest BCUT2D eigenvalue weighted by Gasteiger charge is 2.24.